The fourth-order valence-electron chi connectivity index (χ4n) is 0.931. The summed E-state index contributed by atoms with van der Waals surface area (Å²) in [5, 5.41) is 8.68. The molecule has 1 rings (SSSR count). The molecule has 0 atom stereocenters. The monoisotopic (exact) mass is 195 g/mol. The largest absolute Gasteiger partial charge is 0.477 e. The van der Waals surface area contributed by atoms with Crippen LogP contribution < -0.4 is 0 Å². The Kier molecular flexibility index (Phi) is 3.79. The Balaban J connectivity index is 2.82. The maximum Gasteiger partial charge on any atom is 0.350 e. The third kappa shape index (κ3) is 3.35. The first-order chi connectivity index (χ1) is 6.70. The first-order valence-electron chi connectivity index (χ1n) is 4.17. The zero-order chi connectivity index (χ0) is 10.4. The van der Waals surface area contributed by atoms with Gasteiger partial charge < -0.3 is 5.11 Å². The second-order valence-electron chi connectivity index (χ2n) is 2.70. The van der Waals surface area contributed by atoms with E-state index < -0.39 is 5.97 Å². The minimum atomic E-state index is -1.08. The molecule has 0 unspecified atom stereocenters. The summed E-state index contributed by atoms with van der Waals surface area (Å²) >= 11 is 0. The molecule has 0 aromatic carbocycles. The van der Waals surface area contributed by atoms with E-state index >= 15 is 0 Å². The van der Waals surface area contributed by atoms with Gasteiger partial charge in [-0.15, -0.1) is 0 Å². The molecular formula is C10H10FNO2. The first-order valence-corrected chi connectivity index (χ1v) is 4.17. The molecule has 0 amide bonds. The molecule has 0 saturated carbocycles. The van der Waals surface area contributed by atoms with Crippen molar-refractivity contribution in [2.24, 2.45) is 4.99 Å². The van der Waals surface area contributed by atoms with Crippen LogP contribution in [0.3, 0.4) is 0 Å². The van der Waals surface area contributed by atoms with Crippen molar-refractivity contribution < 1.29 is 14.3 Å². The van der Waals surface area contributed by atoms with E-state index in [1.54, 1.807) is 6.08 Å². The predicted molar refractivity (Wildman–Crippen MR) is 51.8 cm³/mol. The quantitative estimate of drug-likeness (QED) is 0.697. The maximum absolute atomic E-state index is 12.8. The van der Waals surface area contributed by atoms with Crippen LogP contribution in [0.15, 0.2) is 41.3 Å². The molecule has 1 N–H and O–H groups in total. The summed E-state index contributed by atoms with van der Waals surface area (Å²) in [6, 6.07) is 0. The van der Waals surface area contributed by atoms with E-state index in [0.717, 1.165) is 0 Å². The lowest BCUT2D eigenvalue weighted by Crippen LogP contribution is -2.11. The summed E-state index contributed by atoms with van der Waals surface area (Å²) in [6.45, 7) is 0. The summed E-state index contributed by atoms with van der Waals surface area (Å²) in [6.07, 6.45) is 7.60. The minimum Gasteiger partial charge on any atom is -0.477 e. The van der Waals surface area contributed by atoms with E-state index in [4.69, 9.17) is 5.11 Å². The molecule has 0 aromatic heterocycles. The highest BCUT2D eigenvalue weighted by Crippen LogP contribution is 2.04. The minimum absolute atomic E-state index is 0.00667. The molecular weight excluding hydrogens is 185 g/mol. The van der Waals surface area contributed by atoms with Gasteiger partial charge in [0.1, 0.15) is 11.5 Å². The van der Waals surface area contributed by atoms with E-state index in [1.807, 2.05) is 0 Å². The Bertz CT molecular complexity index is 340. The number of aliphatic imine (C=N–C) groups is 1. The fourth-order valence-corrected chi connectivity index (χ4v) is 0.931. The van der Waals surface area contributed by atoms with E-state index in [9.17, 15) is 9.18 Å². The smallest absolute Gasteiger partial charge is 0.350 e. The summed E-state index contributed by atoms with van der Waals surface area (Å²) in [4.78, 5) is 14.3. The van der Waals surface area contributed by atoms with Crippen LogP contribution in [0.2, 0.25) is 0 Å². The van der Waals surface area contributed by atoms with Crippen molar-refractivity contribution in [2.45, 2.75) is 12.8 Å². The van der Waals surface area contributed by atoms with Crippen molar-refractivity contribution >= 4 is 11.7 Å². The van der Waals surface area contributed by atoms with Crippen molar-refractivity contribution in [3.8, 4) is 0 Å². The Labute approximate surface area is 81.0 Å². The van der Waals surface area contributed by atoms with Gasteiger partial charge in [0.2, 0.25) is 0 Å². The fraction of sp³-hybridized carbons (Fsp3) is 0.200. The number of hydrogen-bond acceptors (Lipinski definition) is 2. The SMILES string of the molecule is O=C(O)C1=N/C=C\C/C=C(F)\C=C/C1. The van der Waals surface area contributed by atoms with Gasteiger partial charge in [-0.3, -0.25) is 4.99 Å². The van der Waals surface area contributed by atoms with Gasteiger partial charge in [0, 0.05) is 12.6 Å². The average Bonchev–Trinajstić information content (AvgIpc) is 2.15. The van der Waals surface area contributed by atoms with Gasteiger partial charge in [0.15, 0.2) is 0 Å². The summed E-state index contributed by atoms with van der Waals surface area (Å²) < 4.78 is 12.8. The molecule has 3 nitrogen and oxygen atoms in total. The van der Waals surface area contributed by atoms with Crippen LogP contribution in [-0.4, -0.2) is 16.8 Å². The van der Waals surface area contributed by atoms with Gasteiger partial charge in [-0.25, -0.2) is 9.18 Å². The average molecular weight is 195 g/mol. The van der Waals surface area contributed by atoms with Crippen LogP contribution >= 0.6 is 0 Å². The van der Waals surface area contributed by atoms with Gasteiger partial charge in [-0.05, 0) is 18.6 Å². The third-order valence-corrected chi connectivity index (χ3v) is 1.62. The van der Waals surface area contributed by atoms with E-state index in [0.29, 0.717) is 6.42 Å². The standard InChI is InChI=1S/C10H10FNO2/c11-8-4-1-2-7-12-9(10(13)14)6-3-5-8/h2-5,7H,1,6H2,(H,13,14)/b5-3-,7-2-,8-4+,12-9?. The number of halogens is 1. The third-order valence-electron chi connectivity index (χ3n) is 1.62. The van der Waals surface area contributed by atoms with Crippen molar-refractivity contribution in [1.82, 2.24) is 0 Å². The number of carbonyl (C=O) groups is 1. The Morgan fingerprint density at radius 1 is 1.50 bits per heavy atom. The van der Waals surface area contributed by atoms with Gasteiger partial charge in [0.25, 0.3) is 0 Å². The molecule has 14 heavy (non-hydrogen) atoms. The van der Waals surface area contributed by atoms with E-state index in [1.165, 1.54) is 24.4 Å². The molecule has 0 aliphatic carbocycles. The molecule has 0 fully saturated rings. The Morgan fingerprint density at radius 2 is 2.29 bits per heavy atom. The number of carboxylic acid groups (broad SMARTS) is 1. The Morgan fingerprint density at radius 3 is 3.00 bits per heavy atom. The van der Waals surface area contributed by atoms with Crippen molar-refractivity contribution in [3.05, 3.63) is 36.3 Å². The molecule has 0 bridgehead atoms. The number of hydrogen-bond donors (Lipinski definition) is 1. The van der Waals surface area contributed by atoms with Crippen LogP contribution in [-0.2, 0) is 4.79 Å². The highest BCUT2D eigenvalue weighted by molar-refractivity contribution is 6.36. The highest BCUT2D eigenvalue weighted by Gasteiger charge is 2.05. The van der Waals surface area contributed by atoms with Crippen molar-refractivity contribution in [3.63, 3.8) is 0 Å². The maximum atomic E-state index is 12.8. The van der Waals surface area contributed by atoms with Crippen LogP contribution in [0.25, 0.3) is 0 Å². The first kappa shape index (κ1) is 10.4. The molecule has 0 saturated heterocycles. The van der Waals surface area contributed by atoms with Crippen molar-refractivity contribution in [2.75, 3.05) is 0 Å². The molecule has 1 aliphatic heterocycles. The lowest BCUT2D eigenvalue weighted by molar-refractivity contribution is -0.129. The molecule has 4 heteroatoms. The lowest BCUT2D eigenvalue weighted by Gasteiger charge is -1.96. The topological polar surface area (TPSA) is 49.7 Å². The normalized spacial score (nSPS) is 25.5. The molecule has 0 radical (unpaired) electrons. The van der Waals surface area contributed by atoms with Gasteiger partial charge in [0.05, 0.1) is 0 Å². The zero-order valence-electron chi connectivity index (χ0n) is 7.48. The predicted octanol–water partition coefficient (Wildman–Crippen LogP) is 2.23. The molecule has 74 valence electrons. The van der Waals surface area contributed by atoms with Crippen LogP contribution in [0.5, 0.6) is 0 Å². The molecule has 1 heterocycles. The Hall–Kier alpha value is -1.71. The lowest BCUT2D eigenvalue weighted by atomic mass is 10.2. The number of allylic oxidation sites excluding steroid dienone is 5. The summed E-state index contributed by atoms with van der Waals surface area (Å²) in [7, 11) is 0. The van der Waals surface area contributed by atoms with Gasteiger partial charge in [-0.2, -0.15) is 0 Å². The summed E-state index contributed by atoms with van der Waals surface area (Å²) in [5.41, 5.74) is 0.00667. The zero-order valence-corrected chi connectivity index (χ0v) is 7.48. The molecule has 1 aliphatic rings. The molecule has 0 spiro atoms. The molecule has 0 aromatic rings. The highest BCUT2D eigenvalue weighted by atomic mass is 19.1. The number of nitrogens with zero attached hydrogens (tertiary/aromatic N) is 1. The van der Waals surface area contributed by atoms with Crippen LogP contribution in [0.4, 0.5) is 4.39 Å². The number of carboxylic acids is 1. The second-order valence-corrected chi connectivity index (χ2v) is 2.70. The van der Waals surface area contributed by atoms with Gasteiger partial charge >= 0.3 is 5.97 Å². The van der Waals surface area contributed by atoms with Crippen molar-refractivity contribution in [1.29, 1.82) is 0 Å². The van der Waals surface area contributed by atoms with Crippen LogP contribution in [0, 0.1) is 0 Å². The van der Waals surface area contributed by atoms with E-state index in [2.05, 4.69) is 4.99 Å². The number of aliphatic carboxylic acids is 1. The van der Waals surface area contributed by atoms with Gasteiger partial charge in [-0.1, -0.05) is 12.2 Å². The second kappa shape index (κ2) is 5.11. The summed E-state index contributed by atoms with van der Waals surface area (Å²) in [5.74, 6) is -1.44. The van der Waals surface area contributed by atoms with Crippen LogP contribution in [0.1, 0.15) is 12.8 Å². The van der Waals surface area contributed by atoms with E-state index in [-0.39, 0.29) is 18.0 Å². The number of rotatable bonds is 1.